The zero-order chi connectivity index (χ0) is 15.2. The summed E-state index contributed by atoms with van der Waals surface area (Å²) in [6, 6.07) is 8.92. The first kappa shape index (κ1) is 14.5. The summed E-state index contributed by atoms with van der Waals surface area (Å²) in [6.45, 7) is 0. The third kappa shape index (κ3) is 3.79. The molecule has 0 fully saturated rings. The number of nitrogens with zero attached hydrogens (tertiary/aromatic N) is 2. The predicted molar refractivity (Wildman–Crippen MR) is 76.4 cm³/mol. The Morgan fingerprint density at radius 2 is 2.00 bits per heavy atom. The molecule has 1 amide bonds. The Morgan fingerprint density at radius 1 is 1.29 bits per heavy atom. The molecule has 6 heteroatoms. The molecule has 0 aliphatic heterocycles. The van der Waals surface area contributed by atoms with Gasteiger partial charge in [0.05, 0.1) is 0 Å². The van der Waals surface area contributed by atoms with Crippen LogP contribution in [-0.4, -0.2) is 26.5 Å². The minimum atomic E-state index is -1.17. The molecule has 0 aliphatic rings. The van der Waals surface area contributed by atoms with Crippen LogP contribution in [-0.2, 0) is 16.6 Å². The van der Waals surface area contributed by atoms with E-state index in [0.717, 1.165) is 17.7 Å². The summed E-state index contributed by atoms with van der Waals surface area (Å²) in [6.07, 6.45) is 5.21. The van der Waals surface area contributed by atoms with Crippen LogP contribution >= 0.6 is 0 Å². The van der Waals surface area contributed by atoms with E-state index in [1.165, 1.54) is 0 Å². The molecule has 2 N–H and O–H groups in total. The lowest BCUT2D eigenvalue weighted by atomic mass is 10.1. The summed E-state index contributed by atoms with van der Waals surface area (Å²) in [5.74, 6) is -0.995. The van der Waals surface area contributed by atoms with E-state index >= 15 is 0 Å². The van der Waals surface area contributed by atoms with Gasteiger partial charge in [0.1, 0.15) is 11.9 Å². The maximum atomic E-state index is 11.8. The van der Waals surface area contributed by atoms with E-state index in [4.69, 9.17) is 5.11 Å². The van der Waals surface area contributed by atoms with E-state index in [1.54, 1.807) is 17.0 Å². The molecule has 1 aromatic carbocycles. The Balaban J connectivity index is 2.28. The zero-order valence-corrected chi connectivity index (χ0v) is 11.4. The molecule has 1 atom stereocenters. The Hall–Kier alpha value is -2.89. The van der Waals surface area contributed by atoms with Crippen LogP contribution in [0, 0.1) is 0 Å². The molecule has 1 heterocycles. The predicted octanol–water partition coefficient (Wildman–Crippen LogP) is 1.27. The molecule has 0 radical (unpaired) electrons. The van der Waals surface area contributed by atoms with Crippen molar-refractivity contribution in [1.29, 1.82) is 0 Å². The second-order valence-corrected chi connectivity index (χ2v) is 4.42. The van der Waals surface area contributed by atoms with Crippen molar-refractivity contribution >= 4 is 11.9 Å². The monoisotopic (exact) mass is 285 g/mol. The molecule has 0 saturated carbocycles. The van der Waals surface area contributed by atoms with Gasteiger partial charge in [-0.05, 0) is 5.56 Å². The first-order valence-corrected chi connectivity index (χ1v) is 6.31. The third-order valence-corrected chi connectivity index (χ3v) is 2.91. The average molecular weight is 285 g/mol. The Kier molecular flexibility index (Phi) is 4.50. The number of amides is 1. The number of carbonyl (C=O) groups is 2. The standard InChI is InChI=1S/C15H15N3O3/c1-18-10-9-16-15(18)14(11-5-3-2-4-6-11)17-12(19)7-8-13(20)21/h2-10,14H,1H3,(H,17,19)(H,20,21)/b8-7-. The van der Waals surface area contributed by atoms with Crippen molar-refractivity contribution in [3.05, 3.63) is 66.3 Å². The Morgan fingerprint density at radius 3 is 2.57 bits per heavy atom. The van der Waals surface area contributed by atoms with E-state index in [2.05, 4.69) is 10.3 Å². The summed E-state index contributed by atoms with van der Waals surface area (Å²) < 4.78 is 1.80. The lowest BCUT2D eigenvalue weighted by molar-refractivity contribution is -0.131. The summed E-state index contributed by atoms with van der Waals surface area (Å²) in [5.41, 5.74) is 0.865. The first-order valence-electron chi connectivity index (χ1n) is 6.31. The van der Waals surface area contributed by atoms with Gasteiger partial charge in [0.25, 0.3) is 0 Å². The molecule has 1 unspecified atom stereocenters. The highest BCUT2D eigenvalue weighted by Crippen LogP contribution is 2.19. The van der Waals surface area contributed by atoms with Gasteiger partial charge in [-0.2, -0.15) is 0 Å². The van der Waals surface area contributed by atoms with Crippen molar-refractivity contribution < 1.29 is 14.7 Å². The highest BCUT2D eigenvalue weighted by Gasteiger charge is 2.19. The molecule has 0 spiro atoms. The van der Waals surface area contributed by atoms with Crippen LogP contribution in [0.25, 0.3) is 0 Å². The smallest absolute Gasteiger partial charge is 0.328 e. The van der Waals surface area contributed by atoms with Gasteiger partial charge in [0, 0.05) is 31.6 Å². The fourth-order valence-corrected chi connectivity index (χ4v) is 1.94. The molecule has 108 valence electrons. The zero-order valence-electron chi connectivity index (χ0n) is 11.4. The van der Waals surface area contributed by atoms with Gasteiger partial charge < -0.3 is 15.0 Å². The maximum absolute atomic E-state index is 11.8. The van der Waals surface area contributed by atoms with E-state index in [-0.39, 0.29) is 0 Å². The van der Waals surface area contributed by atoms with Gasteiger partial charge in [0.15, 0.2) is 0 Å². The van der Waals surface area contributed by atoms with Crippen LogP contribution in [0.3, 0.4) is 0 Å². The number of benzene rings is 1. The molecule has 1 aromatic heterocycles. The second-order valence-electron chi connectivity index (χ2n) is 4.42. The molecule has 0 saturated heterocycles. The molecular weight excluding hydrogens is 270 g/mol. The fourth-order valence-electron chi connectivity index (χ4n) is 1.94. The Labute approximate surface area is 121 Å². The molecule has 2 aromatic rings. The number of nitrogens with one attached hydrogen (secondary N) is 1. The summed E-state index contributed by atoms with van der Waals surface area (Å²) in [4.78, 5) is 26.5. The number of aryl methyl sites for hydroxylation is 1. The van der Waals surface area contributed by atoms with Crippen LogP contribution in [0.1, 0.15) is 17.4 Å². The molecule has 0 bridgehead atoms. The van der Waals surface area contributed by atoms with Crippen LogP contribution in [0.5, 0.6) is 0 Å². The lowest BCUT2D eigenvalue weighted by Gasteiger charge is -2.18. The summed E-state index contributed by atoms with van der Waals surface area (Å²) in [5, 5.41) is 11.3. The normalized spacial score (nSPS) is 12.2. The Bertz CT molecular complexity index is 662. The summed E-state index contributed by atoms with van der Waals surface area (Å²) in [7, 11) is 1.83. The highest BCUT2D eigenvalue weighted by atomic mass is 16.4. The van der Waals surface area contributed by atoms with Gasteiger partial charge in [-0.1, -0.05) is 30.3 Å². The van der Waals surface area contributed by atoms with E-state index in [9.17, 15) is 9.59 Å². The number of carboxylic acid groups (broad SMARTS) is 1. The average Bonchev–Trinajstić information content (AvgIpc) is 2.89. The van der Waals surface area contributed by atoms with E-state index in [1.807, 2.05) is 37.4 Å². The van der Waals surface area contributed by atoms with Crippen molar-refractivity contribution in [2.75, 3.05) is 0 Å². The summed E-state index contributed by atoms with van der Waals surface area (Å²) >= 11 is 0. The maximum Gasteiger partial charge on any atom is 0.328 e. The third-order valence-electron chi connectivity index (χ3n) is 2.91. The number of rotatable bonds is 5. The van der Waals surface area contributed by atoms with Crippen molar-refractivity contribution in [3.63, 3.8) is 0 Å². The lowest BCUT2D eigenvalue weighted by Crippen LogP contribution is -2.29. The number of aliphatic carboxylic acids is 1. The van der Waals surface area contributed by atoms with Gasteiger partial charge in [-0.25, -0.2) is 9.78 Å². The van der Waals surface area contributed by atoms with E-state index in [0.29, 0.717) is 5.82 Å². The van der Waals surface area contributed by atoms with Crippen LogP contribution in [0.2, 0.25) is 0 Å². The molecule has 6 nitrogen and oxygen atoms in total. The number of aromatic nitrogens is 2. The number of imidazole rings is 1. The quantitative estimate of drug-likeness (QED) is 0.810. The largest absolute Gasteiger partial charge is 0.478 e. The number of hydrogen-bond donors (Lipinski definition) is 2. The van der Waals surface area contributed by atoms with Crippen LogP contribution < -0.4 is 5.32 Å². The van der Waals surface area contributed by atoms with Gasteiger partial charge in [0.2, 0.25) is 5.91 Å². The second kappa shape index (κ2) is 6.51. The van der Waals surface area contributed by atoms with Crippen LogP contribution in [0.4, 0.5) is 0 Å². The molecular formula is C15H15N3O3. The minimum Gasteiger partial charge on any atom is -0.478 e. The van der Waals surface area contributed by atoms with E-state index < -0.39 is 17.9 Å². The topological polar surface area (TPSA) is 84.2 Å². The molecule has 0 aliphatic carbocycles. The molecule has 2 rings (SSSR count). The van der Waals surface area contributed by atoms with Crippen molar-refractivity contribution in [1.82, 2.24) is 14.9 Å². The van der Waals surface area contributed by atoms with Gasteiger partial charge in [-0.15, -0.1) is 0 Å². The van der Waals surface area contributed by atoms with Crippen molar-refractivity contribution in [2.45, 2.75) is 6.04 Å². The minimum absolute atomic E-state index is 0.447. The SMILES string of the molecule is Cn1ccnc1C(NC(=O)/C=C\C(=O)O)c1ccccc1. The number of hydrogen-bond acceptors (Lipinski definition) is 3. The molecule has 21 heavy (non-hydrogen) atoms. The van der Waals surface area contributed by atoms with Gasteiger partial charge >= 0.3 is 5.97 Å². The van der Waals surface area contributed by atoms with Gasteiger partial charge in [-0.3, -0.25) is 4.79 Å². The van der Waals surface area contributed by atoms with Crippen LogP contribution in [0.15, 0.2) is 54.9 Å². The number of carboxylic acids is 1. The fraction of sp³-hybridized carbons (Fsp3) is 0.133. The van der Waals surface area contributed by atoms with Crippen molar-refractivity contribution in [2.24, 2.45) is 7.05 Å². The highest BCUT2D eigenvalue weighted by molar-refractivity contribution is 5.94. The first-order chi connectivity index (χ1) is 10.1. The van der Waals surface area contributed by atoms with Crippen molar-refractivity contribution in [3.8, 4) is 0 Å². The number of carbonyl (C=O) groups excluding carboxylic acids is 1.